The Kier molecular flexibility index (Phi) is 4.24. The van der Waals surface area contributed by atoms with Crippen molar-refractivity contribution in [2.24, 2.45) is 0 Å². The molecule has 1 aliphatic rings. The molecule has 1 aromatic carbocycles. The molecule has 0 amide bonds. The molecule has 2 aromatic heterocycles. The normalized spacial score (nSPS) is 16.4. The van der Waals surface area contributed by atoms with Gasteiger partial charge in [-0.1, -0.05) is 26.0 Å². The molecule has 24 heavy (non-hydrogen) atoms. The lowest BCUT2D eigenvalue weighted by molar-refractivity contribution is 0.246. The molecule has 0 N–H and O–H groups in total. The van der Waals surface area contributed by atoms with Crippen LogP contribution in [0.5, 0.6) is 0 Å². The monoisotopic (exact) mass is 342 g/mol. The van der Waals surface area contributed by atoms with Gasteiger partial charge >= 0.3 is 0 Å². The molecule has 3 heterocycles. The number of benzene rings is 1. The Morgan fingerprint density at radius 2 is 1.96 bits per heavy atom. The second kappa shape index (κ2) is 6.53. The summed E-state index contributed by atoms with van der Waals surface area (Å²) in [6.07, 6.45) is 1.80. The van der Waals surface area contributed by atoms with Crippen LogP contribution >= 0.6 is 11.5 Å². The number of anilines is 1. The van der Waals surface area contributed by atoms with Crippen molar-refractivity contribution >= 4 is 27.4 Å². The van der Waals surface area contributed by atoms with Crippen LogP contribution in [0.25, 0.3) is 10.1 Å². The first kappa shape index (κ1) is 15.6. The summed E-state index contributed by atoms with van der Waals surface area (Å²) in [6, 6.07) is 8.48. The Bertz CT molecular complexity index is 817. The molecule has 3 aromatic rings. The third-order valence-corrected chi connectivity index (χ3v) is 5.30. The molecule has 5 nitrogen and oxygen atoms in total. The maximum Gasteiger partial charge on any atom is 0.196 e. The van der Waals surface area contributed by atoms with Gasteiger partial charge in [0.2, 0.25) is 0 Å². The fourth-order valence-corrected chi connectivity index (χ4v) is 3.90. The molecule has 1 aliphatic heterocycles. The molecule has 6 heteroatoms. The fourth-order valence-electron chi connectivity index (χ4n) is 3.11. The highest BCUT2D eigenvalue weighted by atomic mass is 32.1. The zero-order chi connectivity index (χ0) is 16.5. The maximum absolute atomic E-state index is 5.54. The summed E-state index contributed by atoms with van der Waals surface area (Å²) in [6.45, 7) is 9.12. The Labute approximate surface area is 146 Å². The minimum atomic E-state index is 0.341. The van der Waals surface area contributed by atoms with Crippen molar-refractivity contribution in [2.75, 3.05) is 31.1 Å². The number of rotatable bonds is 4. The Balaban J connectivity index is 1.39. The van der Waals surface area contributed by atoms with E-state index in [0.29, 0.717) is 5.92 Å². The average Bonchev–Trinajstić information content (AvgIpc) is 3.23. The van der Waals surface area contributed by atoms with Crippen LogP contribution in [0.15, 0.2) is 34.9 Å². The zero-order valence-corrected chi connectivity index (χ0v) is 14.9. The molecule has 0 spiro atoms. The summed E-state index contributed by atoms with van der Waals surface area (Å²) < 4.78 is 11.5. The molecule has 1 fully saturated rings. The summed E-state index contributed by atoms with van der Waals surface area (Å²) in [7, 11) is 0. The summed E-state index contributed by atoms with van der Waals surface area (Å²) >= 11 is 1.59. The van der Waals surface area contributed by atoms with Crippen LogP contribution in [-0.4, -0.2) is 40.4 Å². The quantitative estimate of drug-likeness (QED) is 0.723. The van der Waals surface area contributed by atoms with Crippen molar-refractivity contribution in [2.45, 2.75) is 26.3 Å². The van der Waals surface area contributed by atoms with Crippen LogP contribution < -0.4 is 4.90 Å². The molecule has 126 valence electrons. The highest BCUT2D eigenvalue weighted by Crippen LogP contribution is 2.30. The largest absolute Gasteiger partial charge is 0.448 e. The number of hydrogen-bond acceptors (Lipinski definition) is 6. The van der Waals surface area contributed by atoms with E-state index in [1.165, 1.54) is 10.1 Å². The number of aromatic nitrogens is 2. The van der Waals surface area contributed by atoms with Gasteiger partial charge in [0, 0.05) is 44.0 Å². The average molecular weight is 342 g/mol. The van der Waals surface area contributed by atoms with Crippen molar-refractivity contribution < 1.29 is 4.42 Å². The Morgan fingerprint density at radius 3 is 2.71 bits per heavy atom. The van der Waals surface area contributed by atoms with Crippen molar-refractivity contribution in [3.63, 3.8) is 0 Å². The summed E-state index contributed by atoms with van der Waals surface area (Å²) in [5, 5.41) is 1.27. The topological polar surface area (TPSA) is 45.4 Å². The van der Waals surface area contributed by atoms with Gasteiger partial charge in [0.15, 0.2) is 5.89 Å². The van der Waals surface area contributed by atoms with Crippen LogP contribution in [0.4, 0.5) is 5.82 Å². The zero-order valence-electron chi connectivity index (χ0n) is 14.1. The molecule has 0 atom stereocenters. The summed E-state index contributed by atoms with van der Waals surface area (Å²) in [4.78, 5) is 9.42. The highest BCUT2D eigenvalue weighted by Gasteiger charge is 2.21. The van der Waals surface area contributed by atoms with Gasteiger partial charge in [0.1, 0.15) is 12.1 Å². The van der Waals surface area contributed by atoms with Crippen LogP contribution in [0, 0.1) is 0 Å². The number of piperazine rings is 1. The molecule has 0 saturated carbocycles. The maximum atomic E-state index is 5.54. The second-order valence-corrected chi connectivity index (χ2v) is 7.40. The van der Waals surface area contributed by atoms with Gasteiger partial charge in [0.25, 0.3) is 0 Å². The lowest BCUT2D eigenvalue weighted by Crippen LogP contribution is -2.46. The smallest absolute Gasteiger partial charge is 0.196 e. The Morgan fingerprint density at radius 1 is 1.17 bits per heavy atom. The molecule has 0 bridgehead atoms. The highest BCUT2D eigenvalue weighted by molar-refractivity contribution is 7.13. The molecule has 0 unspecified atom stereocenters. The van der Waals surface area contributed by atoms with Gasteiger partial charge in [-0.2, -0.15) is 4.37 Å². The molecule has 4 rings (SSSR count). The van der Waals surface area contributed by atoms with E-state index >= 15 is 0 Å². The third-order valence-electron chi connectivity index (χ3n) is 4.48. The van der Waals surface area contributed by atoms with E-state index in [0.717, 1.165) is 50.1 Å². The van der Waals surface area contributed by atoms with E-state index in [1.54, 1.807) is 17.8 Å². The van der Waals surface area contributed by atoms with Crippen molar-refractivity contribution in [3.05, 3.63) is 42.1 Å². The van der Waals surface area contributed by atoms with E-state index in [2.05, 4.69) is 57.3 Å². The number of oxazole rings is 1. The minimum absolute atomic E-state index is 0.341. The van der Waals surface area contributed by atoms with Gasteiger partial charge in [0.05, 0.1) is 10.4 Å². The lowest BCUT2D eigenvalue weighted by atomic mass is 10.2. The van der Waals surface area contributed by atoms with E-state index in [1.807, 2.05) is 0 Å². The van der Waals surface area contributed by atoms with Crippen molar-refractivity contribution in [1.29, 1.82) is 0 Å². The molecular formula is C18H22N4OS. The molecule has 0 radical (unpaired) electrons. The first-order valence-electron chi connectivity index (χ1n) is 8.47. The molecule has 0 aliphatic carbocycles. The van der Waals surface area contributed by atoms with Crippen LogP contribution in [0.2, 0.25) is 0 Å². The lowest BCUT2D eigenvalue weighted by Gasteiger charge is -2.34. The predicted molar refractivity (Wildman–Crippen MR) is 97.7 cm³/mol. The molecular weight excluding hydrogens is 320 g/mol. The Hall–Kier alpha value is -1.92. The van der Waals surface area contributed by atoms with Crippen molar-refractivity contribution in [1.82, 2.24) is 14.3 Å². The van der Waals surface area contributed by atoms with E-state index < -0.39 is 0 Å². The van der Waals surface area contributed by atoms with E-state index in [4.69, 9.17) is 4.42 Å². The van der Waals surface area contributed by atoms with Crippen LogP contribution in [0.3, 0.4) is 0 Å². The van der Waals surface area contributed by atoms with Gasteiger partial charge in [-0.25, -0.2) is 4.98 Å². The first-order valence-corrected chi connectivity index (χ1v) is 9.24. The van der Waals surface area contributed by atoms with Crippen LogP contribution in [0.1, 0.15) is 31.4 Å². The van der Waals surface area contributed by atoms with Gasteiger partial charge < -0.3 is 9.32 Å². The second-order valence-electron chi connectivity index (χ2n) is 6.60. The van der Waals surface area contributed by atoms with Gasteiger partial charge in [-0.15, -0.1) is 0 Å². The number of hydrogen-bond donors (Lipinski definition) is 0. The van der Waals surface area contributed by atoms with E-state index in [9.17, 15) is 0 Å². The SMILES string of the molecule is CC(C)c1nc(CN2CCN(c3nsc4ccccc34)CC2)co1. The predicted octanol–water partition coefficient (Wildman–Crippen LogP) is 3.73. The first-order chi connectivity index (χ1) is 11.7. The fraction of sp³-hybridized carbons (Fsp3) is 0.444. The van der Waals surface area contributed by atoms with Crippen LogP contribution in [-0.2, 0) is 6.54 Å². The summed E-state index contributed by atoms with van der Waals surface area (Å²) in [5.74, 6) is 2.31. The number of nitrogens with zero attached hydrogens (tertiary/aromatic N) is 4. The van der Waals surface area contributed by atoms with Gasteiger partial charge in [-0.05, 0) is 23.7 Å². The van der Waals surface area contributed by atoms with Gasteiger partial charge in [-0.3, -0.25) is 4.90 Å². The number of fused-ring (bicyclic) bond motifs is 1. The van der Waals surface area contributed by atoms with Crippen molar-refractivity contribution in [3.8, 4) is 0 Å². The van der Waals surface area contributed by atoms with E-state index in [-0.39, 0.29) is 0 Å². The molecule has 1 saturated heterocycles. The minimum Gasteiger partial charge on any atom is -0.448 e. The third kappa shape index (κ3) is 3.03. The standard InChI is InChI=1S/C18H22N4OS/c1-13(2)18-19-14(12-23-18)11-21-7-9-22(10-8-21)17-15-5-3-4-6-16(15)24-20-17/h3-6,12-13H,7-11H2,1-2H3. The summed E-state index contributed by atoms with van der Waals surface area (Å²) in [5.41, 5.74) is 1.03.